The van der Waals surface area contributed by atoms with Crippen LogP contribution in [0.25, 0.3) is 0 Å². The quantitative estimate of drug-likeness (QED) is 0.839. The summed E-state index contributed by atoms with van der Waals surface area (Å²) in [5, 5.41) is 0. The number of hydrogen-bond acceptors (Lipinski definition) is 2. The predicted molar refractivity (Wildman–Crippen MR) is 80.2 cm³/mol. The molecule has 2 aliphatic carbocycles. The Labute approximate surface area is 125 Å². The van der Waals surface area contributed by atoms with E-state index in [1.807, 2.05) is 30.3 Å². The first-order chi connectivity index (χ1) is 10.2. The van der Waals surface area contributed by atoms with Crippen molar-refractivity contribution in [1.29, 1.82) is 0 Å². The van der Waals surface area contributed by atoms with E-state index in [9.17, 15) is 9.59 Å². The Kier molecular flexibility index (Phi) is 3.95. The Morgan fingerprint density at radius 3 is 2.19 bits per heavy atom. The maximum Gasteiger partial charge on any atom is 0.249 e. The minimum Gasteiger partial charge on any atom is -0.273 e. The molecule has 0 aliphatic heterocycles. The van der Waals surface area contributed by atoms with Crippen molar-refractivity contribution in [1.82, 2.24) is 10.9 Å². The Balaban J connectivity index is 1.62. The van der Waals surface area contributed by atoms with E-state index in [2.05, 4.69) is 10.9 Å². The van der Waals surface area contributed by atoms with Crippen LogP contribution in [0.3, 0.4) is 0 Å². The lowest BCUT2D eigenvalue weighted by atomic mass is 9.64. The number of hydrazine groups is 1. The van der Waals surface area contributed by atoms with Crippen molar-refractivity contribution in [3.63, 3.8) is 0 Å². The van der Waals surface area contributed by atoms with Crippen molar-refractivity contribution in [2.45, 2.75) is 50.4 Å². The molecule has 2 saturated carbocycles. The molecule has 0 heterocycles. The van der Waals surface area contributed by atoms with Gasteiger partial charge in [-0.15, -0.1) is 0 Å². The first kappa shape index (κ1) is 14.1. The standard InChI is InChI=1S/C17H22N2O2/c20-15(13-7-4-5-8-13)18-19-16(21)17(11-6-12-17)14-9-2-1-3-10-14/h1-3,9-10,13H,4-8,11-12H2,(H,18,20)(H,19,21). The summed E-state index contributed by atoms with van der Waals surface area (Å²) in [5.74, 6) is -0.0472. The Bertz CT molecular complexity index is 517. The van der Waals surface area contributed by atoms with Crippen LogP contribution in [0, 0.1) is 5.92 Å². The van der Waals surface area contributed by atoms with E-state index < -0.39 is 5.41 Å². The smallest absolute Gasteiger partial charge is 0.249 e. The van der Waals surface area contributed by atoms with Crippen LogP contribution in [-0.4, -0.2) is 11.8 Å². The molecule has 4 nitrogen and oxygen atoms in total. The summed E-state index contributed by atoms with van der Waals surface area (Å²) in [6.45, 7) is 0. The van der Waals surface area contributed by atoms with Gasteiger partial charge in [0.05, 0.1) is 5.41 Å². The van der Waals surface area contributed by atoms with Crippen LogP contribution in [0.4, 0.5) is 0 Å². The van der Waals surface area contributed by atoms with E-state index in [4.69, 9.17) is 0 Å². The summed E-state index contributed by atoms with van der Waals surface area (Å²) in [6.07, 6.45) is 6.85. The number of hydrogen-bond donors (Lipinski definition) is 2. The SMILES string of the molecule is O=C(NNC(=O)C1(c2ccccc2)CCC1)C1CCCC1. The van der Waals surface area contributed by atoms with Gasteiger partial charge in [0.2, 0.25) is 11.8 Å². The van der Waals surface area contributed by atoms with Gasteiger partial charge in [0, 0.05) is 5.92 Å². The molecule has 2 fully saturated rings. The highest BCUT2D eigenvalue weighted by Gasteiger charge is 2.45. The van der Waals surface area contributed by atoms with Gasteiger partial charge in [-0.3, -0.25) is 20.4 Å². The fourth-order valence-corrected chi connectivity index (χ4v) is 3.46. The van der Waals surface area contributed by atoms with Crippen LogP contribution in [-0.2, 0) is 15.0 Å². The first-order valence-electron chi connectivity index (χ1n) is 7.88. The van der Waals surface area contributed by atoms with E-state index in [1.54, 1.807) is 0 Å². The predicted octanol–water partition coefficient (Wildman–Crippen LogP) is 2.45. The molecule has 3 rings (SSSR count). The van der Waals surface area contributed by atoms with Gasteiger partial charge in [0.15, 0.2) is 0 Å². The number of amides is 2. The van der Waals surface area contributed by atoms with Crippen LogP contribution < -0.4 is 10.9 Å². The second-order valence-electron chi connectivity index (χ2n) is 6.23. The van der Waals surface area contributed by atoms with Gasteiger partial charge in [-0.25, -0.2) is 0 Å². The average Bonchev–Trinajstić information content (AvgIpc) is 2.99. The molecule has 21 heavy (non-hydrogen) atoms. The lowest BCUT2D eigenvalue weighted by Gasteiger charge is -2.40. The van der Waals surface area contributed by atoms with Crippen LogP contribution in [0.1, 0.15) is 50.5 Å². The van der Waals surface area contributed by atoms with E-state index in [0.717, 1.165) is 50.5 Å². The van der Waals surface area contributed by atoms with Gasteiger partial charge in [-0.05, 0) is 31.2 Å². The van der Waals surface area contributed by atoms with Crippen molar-refractivity contribution < 1.29 is 9.59 Å². The van der Waals surface area contributed by atoms with E-state index >= 15 is 0 Å². The molecular weight excluding hydrogens is 264 g/mol. The molecular formula is C17H22N2O2. The molecule has 4 heteroatoms. The Morgan fingerprint density at radius 1 is 0.952 bits per heavy atom. The molecule has 0 unspecified atom stereocenters. The number of nitrogens with one attached hydrogen (secondary N) is 2. The summed E-state index contributed by atoms with van der Waals surface area (Å²) < 4.78 is 0. The topological polar surface area (TPSA) is 58.2 Å². The van der Waals surface area contributed by atoms with E-state index in [1.165, 1.54) is 0 Å². The zero-order valence-corrected chi connectivity index (χ0v) is 12.2. The van der Waals surface area contributed by atoms with Crippen molar-refractivity contribution in [3.05, 3.63) is 35.9 Å². The van der Waals surface area contributed by atoms with Gasteiger partial charge in [0.1, 0.15) is 0 Å². The monoisotopic (exact) mass is 286 g/mol. The molecule has 2 aliphatic rings. The minimum atomic E-state index is -0.454. The molecule has 0 radical (unpaired) electrons. The zero-order chi connectivity index (χ0) is 14.7. The summed E-state index contributed by atoms with van der Waals surface area (Å²) in [4.78, 5) is 24.5. The maximum absolute atomic E-state index is 12.5. The van der Waals surface area contributed by atoms with Crippen molar-refractivity contribution in [2.75, 3.05) is 0 Å². The largest absolute Gasteiger partial charge is 0.273 e. The molecule has 0 atom stereocenters. The average molecular weight is 286 g/mol. The third-order valence-electron chi connectivity index (χ3n) is 4.99. The van der Waals surface area contributed by atoms with Crippen molar-refractivity contribution >= 4 is 11.8 Å². The lowest BCUT2D eigenvalue weighted by Crippen LogP contribution is -2.55. The van der Waals surface area contributed by atoms with Gasteiger partial charge in [-0.2, -0.15) is 0 Å². The van der Waals surface area contributed by atoms with Crippen molar-refractivity contribution in [2.24, 2.45) is 5.92 Å². The summed E-state index contributed by atoms with van der Waals surface area (Å²) in [7, 11) is 0. The number of rotatable bonds is 3. The third-order valence-corrected chi connectivity index (χ3v) is 4.99. The Morgan fingerprint density at radius 2 is 1.62 bits per heavy atom. The maximum atomic E-state index is 12.5. The highest BCUT2D eigenvalue weighted by atomic mass is 16.2. The fourth-order valence-electron chi connectivity index (χ4n) is 3.46. The van der Waals surface area contributed by atoms with Crippen LogP contribution >= 0.6 is 0 Å². The number of carbonyl (C=O) groups excluding carboxylic acids is 2. The molecule has 2 N–H and O–H groups in total. The molecule has 0 saturated heterocycles. The number of benzene rings is 1. The third kappa shape index (κ3) is 2.67. The fraction of sp³-hybridized carbons (Fsp3) is 0.529. The summed E-state index contributed by atoms with van der Waals surface area (Å²) in [5.41, 5.74) is 5.88. The second-order valence-corrected chi connectivity index (χ2v) is 6.23. The van der Waals surface area contributed by atoms with Crippen LogP contribution in [0.2, 0.25) is 0 Å². The molecule has 0 bridgehead atoms. The molecule has 1 aromatic rings. The molecule has 2 amide bonds. The first-order valence-corrected chi connectivity index (χ1v) is 7.88. The molecule has 1 aromatic carbocycles. The highest BCUT2D eigenvalue weighted by Crippen LogP contribution is 2.43. The van der Waals surface area contributed by atoms with Gasteiger partial charge in [0.25, 0.3) is 0 Å². The zero-order valence-electron chi connectivity index (χ0n) is 12.2. The summed E-state index contributed by atoms with van der Waals surface area (Å²) in [6, 6.07) is 9.87. The Hall–Kier alpha value is -1.84. The van der Waals surface area contributed by atoms with E-state index in [0.29, 0.717) is 0 Å². The molecule has 112 valence electrons. The second kappa shape index (κ2) is 5.88. The minimum absolute atomic E-state index is 0.0385. The molecule has 0 aromatic heterocycles. The van der Waals surface area contributed by atoms with Gasteiger partial charge < -0.3 is 0 Å². The normalized spacial score (nSPS) is 20.6. The molecule has 0 spiro atoms. The van der Waals surface area contributed by atoms with Gasteiger partial charge >= 0.3 is 0 Å². The van der Waals surface area contributed by atoms with E-state index in [-0.39, 0.29) is 17.7 Å². The van der Waals surface area contributed by atoms with Crippen LogP contribution in [0.15, 0.2) is 30.3 Å². The van der Waals surface area contributed by atoms with Gasteiger partial charge in [-0.1, -0.05) is 49.6 Å². The summed E-state index contributed by atoms with van der Waals surface area (Å²) >= 11 is 0. The highest BCUT2D eigenvalue weighted by molar-refractivity contribution is 5.91. The number of carbonyl (C=O) groups is 2. The van der Waals surface area contributed by atoms with Crippen molar-refractivity contribution in [3.8, 4) is 0 Å². The van der Waals surface area contributed by atoms with Crippen LogP contribution in [0.5, 0.6) is 0 Å². The lowest BCUT2D eigenvalue weighted by molar-refractivity contribution is -0.136.